The maximum Gasteiger partial charge on any atom is 0.191 e. The van der Waals surface area contributed by atoms with Gasteiger partial charge in [-0.15, -0.1) is 0 Å². The third kappa shape index (κ3) is 3.30. The number of hydrogen-bond donors (Lipinski definition) is 1. The topological polar surface area (TPSA) is 47.9 Å². The Bertz CT molecular complexity index is 433. The first-order chi connectivity index (χ1) is 10.7. The minimum atomic E-state index is -0.615. The molecule has 22 heavy (non-hydrogen) atoms. The number of hydrogen-bond acceptors (Lipinski definition) is 4. The molecule has 0 aromatic heterocycles. The molecule has 2 saturated heterocycles. The van der Waals surface area contributed by atoms with Crippen LogP contribution >= 0.6 is 0 Å². The van der Waals surface area contributed by atoms with Crippen molar-refractivity contribution < 1.29 is 19.3 Å². The van der Waals surface area contributed by atoms with Gasteiger partial charge in [-0.3, -0.25) is 0 Å². The van der Waals surface area contributed by atoms with Crippen molar-refractivity contribution in [2.45, 2.75) is 69.5 Å². The van der Waals surface area contributed by atoms with E-state index in [2.05, 4.69) is 31.2 Å². The van der Waals surface area contributed by atoms with Crippen LogP contribution in [0.15, 0.2) is 24.3 Å². The zero-order chi connectivity index (χ0) is 15.5. The van der Waals surface area contributed by atoms with Crippen LogP contribution < -0.4 is 0 Å². The smallest absolute Gasteiger partial charge is 0.191 e. The monoisotopic (exact) mass is 308 g/mol. The van der Waals surface area contributed by atoms with Gasteiger partial charge in [-0.05, 0) is 38.2 Å². The van der Waals surface area contributed by atoms with E-state index >= 15 is 0 Å². The molecule has 2 spiro atoms. The van der Waals surface area contributed by atoms with Crippen LogP contribution in [0.3, 0.4) is 0 Å². The van der Waals surface area contributed by atoms with Crippen molar-refractivity contribution in [3.63, 3.8) is 0 Å². The lowest BCUT2D eigenvalue weighted by atomic mass is 9.90. The van der Waals surface area contributed by atoms with Gasteiger partial charge in [-0.2, -0.15) is 0 Å². The lowest BCUT2D eigenvalue weighted by Crippen LogP contribution is -2.47. The molecule has 4 nitrogen and oxygen atoms in total. The van der Waals surface area contributed by atoms with Gasteiger partial charge in [0.1, 0.15) is 0 Å². The van der Waals surface area contributed by atoms with E-state index in [0.717, 1.165) is 51.6 Å². The molecule has 0 unspecified atom stereocenters. The second-order valence-electron chi connectivity index (χ2n) is 6.71. The fourth-order valence-corrected chi connectivity index (χ4v) is 3.69. The Morgan fingerprint density at radius 3 is 3.09 bits per heavy atom. The zero-order valence-electron chi connectivity index (χ0n) is 13.5. The summed E-state index contributed by atoms with van der Waals surface area (Å²) in [5.41, 5.74) is 0. The molecule has 3 aliphatic heterocycles. The summed E-state index contributed by atoms with van der Waals surface area (Å²) >= 11 is 0. The van der Waals surface area contributed by atoms with E-state index in [1.54, 1.807) is 0 Å². The summed E-state index contributed by atoms with van der Waals surface area (Å²) in [6, 6.07) is 0. The highest BCUT2D eigenvalue weighted by Crippen LogP contribution is 2.49. The van der Waals surface area contributed by atoms with Gasteiger partial charge in [-0.1, -0.05) is 25.2 Å². The summed E-state index contributed by atoms with van der Waals surface area (Å²) in [6.45, 7) is 3.24. The Balaban J connectivity index is 1.63. The standard InChI is InChI=1S/C18H28O4/c1-15-7-6-14-20-18(15)12-11-17(22-18)10-5-9-16(21-17)8-3-2-4-13-19/h3,5,8,10,15-16,19H,2,4,6-7,9,11-14H2,1H3/b8-3+/t15-,16+,17-,18+/m0/s1. The van der Waals surface area contributed by atoms with Crippen molar-refractivity contribution >= 4 is 0 Å². The number of aliphatic hydroxyl groups excluding tert-OH is 1. The molecule has 3 aliphatic rings. The van der Waals surface area contributed by atoms with E-state index in [1.165, 1.54) is 0 Å². The molecule has 4 atom stereocenters. The van der Waals surface area contributed by atoms with Crippen LogP contribution in [0.25, 0.3) is 0 Å². The van der Waals surface area contributed by atoms with Gasteiger partial charge >= 0.3 is 0 Å². The van der Waals surface area contributed by atoms with Crippen LogP contribution in [0.1, 0.15) is 51.9 Å². The molecule has 124 valence electrons. The van der Waals surface area contributed by atoms with Crippen LogP contribution in [0.4, 0.5) is 0 Å². The number of allylic oxidation sites excluding steroid dienone is 1. The maximum absolute atomic E-state index is 8.83. The summed E-state index contributed by atoms with van der Waals surface area (Å²) < 4.78 is 18.7. The van der Waals surface area contributed by atoms with Gasteiger partial charge in [-0.25, -0.2) is 0 Å². The average molecular weight is 308 g/mol. The largest absolute Gasteiger partial charge is 0.396 e. The first-order valence-corrected chi connectivity index (χ1v) is 8.65. The van der Waals surface area contributed by atoms with Gasteiger partial charge in [0.05, 0.1) is 12.7 Å². The van der Waals surface area contributed by atoms with Crippen molar-refractivity contribution in [1.29, 1.82) is 0 Å². The molecule has 4 heteroatoms. The van der Waals surface area contributed by atoms with Crippen molar-refractivity contribution in [1.82, 2.24) is 0 Å². The molecule has 0 aromatic rings. The van der Waals surface area contributed by atoms with E-state index in [1.807, 2.05) is 0 Å². The zero-order valence-corrected chi connectivity index (χ0v) is 13.5. The molecule has 0 aliphatic carbocycles. The minimum absolute atomic E-state index is 0.0535. The maximum atomic E-state index is 8.83. The Hall–Kier alpha value is -0.680. The Morgan fingerprint density at radius 1 is 1.36 bits per heavy atom. The molecular weight excluding hydrogens is 280 g/mol. The second kappa shape index (κ2) is 6.83. The Morgan fingerprint density at radius 2 is 2.27 bits per heavy atom. The summed E-state index contributed by atoms with van der Waals surface area (Å²) in [7, 11) is 0. The van der Waals surface area contributed by atoms with Crippen LogP contribution in [0, 0.1) is 5.92 Å². The molecule has 0 amide bonds. The van der Waals surface area contributed by atoms with Crippen molar-refractivity contribution in [2.24, 2.45) is 5.92 Å². The summed E-state index contributed by atoms with van der Waals surface area (Å²) in [4.78, 5) is 0. The van der Waals surface area contributed by atoms with Gasteiger partial charge in [0, 0.05) is 25.4 Å². The van der Waals surface area contributed by atoms with Crippen molar-refractivity contribution in [3.05, 3.63) is 24.3 Å². The number of ether oxygens (including phenoxy) is 3. The highest BCUT2D eigenvalue weighted by molar-refractivity contribution is 5.10. The third-order valence-electron chi connectivity index (χ3n) is 5.02. The number of aliphatic hydroxyl groups is 1. The van der Waals surface area contributed by atoms with Crippen LogP contribution in [-0.2, 0) is 14.2 Å². The predicted molar refractivity (Wildman–Crippen MR) is 84.2 cm³/mol. The highest BCUT2D eigenvalue weighted by Gasteiger charge is 2.54. The predicted octanol–water partition coefficient (Wildman–Crippen LogP) is 3.31. The molecule has 0 radical (unpaired) electrons. The second-order valence-corrected chi connectivity index (χ2v) is 6.71. The quantitative estimate of drug-likeness (QED) is 0.639. The minimum Gasteiger partial charge on any atom is -0.396 e. The Labute approximate surface area is 133 Å². The molecule has 0 aromatic carbocycles. The van der Waals surface area contributed by atoms with Crippen molar-refractivity contribution in [2.75, 3.05) is 13.2 Å². The van der Waals surface area contributed by atoms with Crippen LogP contribution in [-0.4, -0.2) is 36.0 Å². The first-order valence-electron chi connectivity index (χ1n) is 8.65. The molecule has 0 bridgehead atoms. The SMILES string of the molecule is C[C@H]1CCCO[C@@]12CC[C@]1(C=CC[C@@H](/C=C/CCCO)O1)O2. The van der Waals surface area contributed by atoms with E-state index < -0.39 is 11.6 Å². The number of unbranched alkanes of at least 4 members (excludes halogenated alkanes) is 1. The fraction of sp³-hybridized carbons (Fsp3) is 0.778. The van der Waals surface area contributed by atoms with E-state index in [0.29, 0.717) is 5.92 Å². The summed E-state index contributed by atoms with van der Waals surface area (Å²) in [6.07, 6.45) is 15.1. The first kappa shape index (κ1) is 16.2. The molecule has 3 heterocycles. The Kier molecular flexibility index (Phi) is 5.03. The number of rotatable bonds is 4. The lowest BCUT2D eigenvalue weighted by molar-refractivity contribution is -0.336. The third-order valence-corrected chi connectivity index (χ3v) is 5.02. The molecule has 3 rings (SSSR count). The van der Waals surface area contributed by atoms with Crippen molar-refractivity contribution in [3.8, 4) is 0 Å². The van der Waals surface area contributed by atoms with Gasteiger partial charge in [0.15, 0.2) is 11.6 Å². The molecule has 0 saturated carbocycles. The van der Waals surface area contributed by atoms with Gasteiger partial charge < -0.3 is 19.3 Å². The van der Waals surface area contributed by atoms with Crippen LogP contribution in [0.2, 0.25) is 0 Å². The van der Waals surface area contributed by atoms with E-state index in [9.17, 15) is 0 Å². The average Bonchev–Trinajstić information content (AvgIpc) is 2.86. The van der Waals surface area contributed by atoms with Gasteiger partial charge in [0.2, 0.25) is 0 Å². The van der Waals surface area contributed by atoms with E-state index in [4.69, 9.17) is 19.3 Å². The summed E-state index contributed by atoms with van der Waals surface area (Å²) in [5.74, 6) is -0.654. The molecule has 1 N–H and O–H groups in total. The van der Waals surface area contributed by atoms with E-state index in [-0.39, 0.29) is 12.7 Å². The lowest BCUT2D eigenvalue weighted by Gasteiger charge is -2.41. The van der Waals surface area contributed by atoms with Gasteiger partial charge in [0.25, 0.3) is 0 Å². The molecule has 2 fully saturated rings. The normalized spacial score (nSPS) is 41.9. The fourth-order valence-electron chi connectivity index (χ4n) is 3.69. The molecular formula is C18H28O4. The van der Waals surface area contributed by atoms with Crippen LogP contribution in [0.5, 0.6) is 0 Å². The highest BCUT2D eigenvalue weighted by atomic mass is 16.8. The summed E-state index contributed by atoms with van der Waals surface area (Å²) in [5, 5.41) is 8.83.